The van der Waals surface area contributed by atoms with E-state index in [-0.39, 0.29) is 21.4 Å². The van der Waals surface area contributed by atoms with E-state index in [9.17, 15) is 13.9 Å². The molecule has 0 amide bonds. The number of benzene rings is 2. The monoisotopic (exact) mass is 502 g/mol. The van der Waals surface area contributed by atoms with E-state index in [2.05, 4.69) is 35.8 Å². The lowest BCUT2D eigenvalue weighted by molar-refractivity contribution is 0.199. The quantitative estimate of drug-likeness (QED) is 0.490. The number of hydrogen-bond donors (Lipinski definition) is 1. The van der Waals surface area contributed by atoms with Crippen molar-refractivity contribution < 1.29 is 18.6 Å². The first-order valence-corrected chi connectivity index (χ1v) is 12.7. The number of aromatic hydroxyl groups is 1. The molecule has 3 aromatic rings. The summed E-state index contributed by atoms with van der Waals surface area (Å²) in [6.07, 6.45) is 3.41. The van der Waals surface area contributed by atoms with Gasteiger partial charge in [0.2, 0.25) is 0 Å². The lowest BCUT2D eigenvalue weighted by Gasteiger charge is -2.39. The molecule has 0 aliphatic carbocycles. The van der Waals surface area contributed by atoms with Crippen LogP contribution in [0.15, 0.2) is 41.4 Å². The van der Waals surface area contributed by atoms with Crippen molar-refractivity contribution in [2.75, 3.05) is 39.2 Å². The maximum atomic E-state index is 12.2. The third-order valence-corrected chi connectivity index (χ3v) is 7.87. The van der Waals surface area contributed by atoms with Gasteiger partial charge in [-0.1, -0.05) is 17.7 Å². The van der Waals surface area contributed by atoms with Crippen LogP contribution >= 0.6 is 11.6 Å². The number of anilines is 1. The minimum Gasteiger partial charge on any atom is -0.768 e. The molecule has 1 saturated heterocycles. The van der Waals surface area contributed by atoms with Crippen molar-refractivity contribution in [1.29, 1.82) is 0 Å². The Balaban J connectivity index is 1.79. The average Bonchev–Trinajstić information content (AvgIpc) is 2.84. The first kappa shape index (κ1) is 24.7. The molecule has 1 N–H and O–H groups in total. The average molecular weight is 503 g/mol. The number of hydrogen-bond acceptors (Lipinski definition) is 7. The minimum absolute atomic E-state index is 0.116. The summed E-state index contributed by atoms with van der Waals surface area (Å²) in [6.45, 7) is 3.79. The molecule has 4 rings (SSSR count). The van der Waals surface area contributed by atoms with Gasteiger partial charge in [0.05, 0.1) is 28.2 Å². The molecule has 182 valence electrons. The summed E-state index contributed by atoms with van der Waals surface area (Å²) >= 11 is 3.79. The van der Waals surface area contributed by atoms with Crippen LogP contribution < -0.4 is 9.64 Å². The van der Waals surface area contributed by atoms with Gasteiger partial charge in [-0.15, -0.1) is 0 Å². The number of nitrogens with zero attached hydrogens (tertiary/aromatic N) is 3. The van der Waals surface area contributed by atoms with Gasteiger partial charge in [-0.25, -0.2) is 0 Å². The van der Waals surface area contributed by atoms with E-state index in [1.807, 2.05) is 18.2 Å². The summed E-state index contributed by atoms with van der Waals surface area (Å²) < 4.78 is 29.6. The molecule has 7 nitrogen and oxygen atoms in total. The Hall–Kier alpha value is -2.39. The van der Waals surface area contributed by atoms with Crippen LogP contribution in [0.3, 0.4) is 0 Å². The van der Waals surface area contributed by atoms with E-state index < -0.39 is 11.1 Å². The van der Waals surface area contributed by atoms with Crippen molar-refractivity contribution in [2.24, 2.45) is 5.92 Å². The second kappa shape index (κ2) is 10.1. The molecular weight excluding hydrogens is 474 g/mol. The van der Waals surface area contributed by atoms with Crippen molar-refractivity contribution in [3.8, 4) is 22.6 Å². The van der Waals surface area contributed by atoms with Gasteiger partial charge in [-0.05, 0) is 86.3 Å². The highest BCUT2D eigenvalue weighted by atomic mass is 35.5. The van der Waals surface area contributed by atoms with Crippen LogP contribution in [-0.2, 0) is 11.1 Å². The molecule has 0 bridgehead atoms. The molecule has 2 aromatic carbocycles. The number of ether oxygens (including phenoxy) is 1. The van der Waals surface area contributed by atoms with Crippen LogP contribution in [-0.4, -0.2) is 64.1 Å². The number of phenolic OH excluding ortho intramolecular Hbond substituents is 1. The molecule has 1 aliphatic rings. The molecule has 2 atom stereocenters. The Labute approximate surface area is 207 Å². The van der Waals surface area contributed by atoms with Crippen LogP contribution in [0.4, 0.5) is 5.69 Å². The van der Waals surface area contributed by atoms with Crippen molar-refractivity contribution in [1.82, 2.24) is 9.88 Å². The number of aromatic nitrogens is 1. The summed E-state index contributed by atoms with van der Waals surface area (Å²) in [5.74, 6) is 0.713. The maximum Gasteiger partial charge on any atom is 0.176 e. The van der Waals surface area contributed by atoms with Crippen LogP contribution in [0.25, 0.3) is 22.0 Å². The van der Waals surface area contributed by atoms with E-state index in [0.29, 0.717) is 23.2 Å². The van der Waals surface area contributed by atoms with Gasteiger partial charge >= 0.3 is 0 Å². The van der Waals surface area contributed by atoms with E-state index in [0.717, 1.165) is 42.4 Å². The summed E-state index contributed by atoms with van der Waals surface area (Å²) in [4.78, 5) is 9.02. The van der Waals surface area contributed by atoms with Crippen molar-refractivity contribution >= 4 is 39.3 Å². The van der Waals surface area contributed by atoms with Gasteiger partial charge in [0, 0.05) is 30.7 Å². The number of phenols is 1. The smallest absolute Gasteiger partial charge is 0.176 e. The molecule has 1 aliphatic heterocycles. The van der Waals surface area contributed by atoms with Crippen molar-refractivity contribution in [2.45, 2.75) is 30.7 Å². The summed E-state index contributed by atoms with van der Waals surface area (Å²) in [5, 5.41) is 11.0. The Kier molecular flexibility index (Phi) is 7.33. The Morgan fingerprint density at radius 1 is 1.24 bits per heavy atom. The standard InChI is InChI=1S/C25H30ClN3O4S/c1-15(28(2)3)16-7-9-29(10-8-16)24-19-11-17(5-6-21(19)27-14-23(24)34(31)32)18-12-20(26)25(30)22(13-18)33-4/h5-6,11-16,30H,7-10H2,1-4H3,(H,31,32)/p-1. The number of pyridine rings is 1. The highest BCUT2D eigenvalue weighted by Gasteiger charge is 2.27. The maximum absolute atomic E-state index is 12.2. The summed E-state index contributed by atoms with van der Waals surface area (Å²) in [5.41, 5.74) is 2.97. The fourth-order valence-corrected chi connectivity index (χ4v) is 5.46. The summed E-state index contributed by atoms with van der Waals surface area (Å²) in [7, 11) is 5.66. The predicted molar refractivity (Wildman–Crippen MR) is 136 cm³/mol. The highest BCUT2D eigenvalue weighted by Crippen LogP contribution is 2.41. The third-order valence-electron chi connectivity index (χ3n) is 6.92. The lowest BCUT2D eigenvalue weighted by Crippen LogP contribution is -2.42. The second-order valence-corrected chi connectivity index (χ2v) is 10.3. The van der Waals surface area contributed by atoms with E-state index >= 15 is 0 Å². The number of methoxy groups -OCH3 is 1. The molecule has 34 heavy (non-hydrogen) atoms. The molecule has 1 fully saturated rings. The zero-order valence-corrected chi connectivity index (χ0v) is 21.3. The summed E-state index contributed by atoms with van der Waals surface area (Å²) in [6, 6.07) is 9.55. The van der Waals surface area contributed by atoms with Gasteiger partial charge < -0.3 is 24.2 Å². The van der Waals surface area contributed by atoms with Crippen LogP contribution in [0.1, 0.15) is 19.8 Å². The zero-order chi connectivity index (χ0) is 24.6. The van der Waals surface area contributed by atoms with Gasteiger partial charge in [0.15, 0.2) is 11.5 Å². The Morgan fingerprint density at radius 2 is 1.94 bits per heavy atom. The normalized spacial score (nSPS) is 16.7. The first-order chi connectivity index (χ1) is 16.2. The molecule has 0 spiro atoms. The fourth-order valence-electron chi connectivity index (χ4n) is 4.71. The van der Waals surface area contributed by atoms with E-state index in [1.165, 1.54) is 13.3 Å². The van der Waals surface area contributed by atoms with E-state index in [4.69, 9.17) is 16.3 Å². The minimum atomic E-state index is -2.42. The second-order valence-electron chi connectivity index (χ2n) is 8.98. The molecule has 9 heteroatoms. The third kappa shape index (κ3) is 4.73. The predicted octanol–water partition coefficient (Wildman–Crippen LogP) is 4.67. The van der Waals surface area contributed by atoms with Gasteiger partial charge in [0.1, 0.15) is 0 Å². The van der Waals surface area contributed by atoms with Gasteiger partial charge in [0.25, 0.3) is 0 Å². The molecule has 0 saturated carbocycles. The molecular formula is C25H29ClN3O4S-. The molecule has 1 aromatic heterocycles. The Morgan fingerprint density at radius 3 is 2.56 bits per heavy atom. The number of piperidine rings is 1. The fraction of sp³-hybridized carbons (Fsp3) is 0.400. The van der Waals surface area contributed by atoms with Crippen LogP contribution in [0.5, 0.6) is 11.5 Å². The lowest BCUT2D eigenvalue weighted by atomic mass is 9.89. The molecule has 2 unspecified atom stereocenters. The van der Waals surface area contributed by atoms with Crippen molar-refractivity contribution in [3.05, 3.63) is 41.6 Å². The Bertz CT molecular complexity index is 1230. The first-order valence-electron chi connectivity index (χ1n) is 11.2. The highest BCUT2D eigenvalue weighted by molar-refractivity contribution is 7.79. The van der Waals surface area contributed by atoms with Crippen LogP contribution in [0.2, 0.25) is 5.02 Å². The molecule has 2 heterocycles. The number of fused-ring (bicyclic) bond motifs is 1. The van der Waals surface area contributed by atoms with E-state index in [1.54, 1.807) is 12.1 Å². The van der Waals surface area contributed by atoms with Gasteiger partial charge in [-0.2, -0.15) is 0 Å². The molecule has 0 radical (unpaired) electrons. The topological polar surface area (TPSA) is 89.0 Å². The van der Waals surface area contributed by atoms with Gasteiger partial charge in [-0.3, -0.25) is 9.19 Å². The zero-order valence-electron chi connectivity index (χ0n) is 19.7. The largest absolute Gasteiger partial charge is 0.768 e. The number of rotatable bonds is 6. The van der Waals surface area contributed by atoms with Crippen LogP contribution in [0, 0.1) is 5.92 Å². The SMILES string of the molecule is COc1cc(-c2ccc3ncc(S(=O)[O-])c(N4CCC(C(C)N(C)C)CC4)c3c2)cc(Cl)c1O. The number of halogens is 1. The van der Waals surface area contributed by atoms with Crippen molar-refractivity contribution in [3.63, 3.8) is 0 Å².